The highest BCUT2D eigenvalue weighted by molar-refractivity contribution is 7.08. The van der Waals surface area contributed by atoms with Crippen LogP contribution in [0.1, 0.15) is 5.56 Å². The summed E-state index contributed by atoms with van der Waals surface area (Å²) < 4.78 is 12.6. The number of methoxy groups -OCH3 is 2. The fraction of sp³-hybridized carbons (Fsp3) is 0.176. The Morgan fingerprint density at radius 2 is 2.00 bits per heavy atom. The molecule has 0 bridgehead atoms. The maximum absolute atomic E-state index is 5.52. The fourth-order valence-corrected chi connectivity index (χ4v) is 3.64. The van der Waals surface area contributed by atoms with Crippen LogP contribution in [-0.2, 0) is 0 Å². The van der Waals surface area contributed by atoms with E-state index in [4.69, 9.17) is 9.47 Å². The summed E-state index contributed by atoms with van der Waals surface area (Å²) in [4.78, 5) is 5.12. The van der Waals surface area contributed by atoms with Gasteiger partial charge in [0.15, 0.2) is 0 Å². The molecule has 0 atom stereocenters. The van der Waals surface area contributed by atoms with Crippen molar-refractivity contribution in [1.82, 2.24) is 4.68 Å². The third kappa shape index (κ3) is 3.27. The standard InChI is InChI=1S/C17H17N3O2S2/c1-18-17-20(19-9-12-6-7-23-10-12)15(11-24-17)14-5-4-13(21-2)8-16(14)22-3/h4-11H,1-3H3. The molecule has 5 nitrogen and oxygen atoms in total. The lowest BCUT2D eigenvalue weighted by Crippen LogP contribution is -2.11. The molecule has 2 heterocycles. The van der Waals surface area contributed by atoms with Crippen LogP contribution in [0.2, 0.25) is 0 Å². The smallest absolute Gasteiger partial charge is 0.205 e. The number of rotatable bonds is 5. The Balaban J connectivity index is 2.11. The highest BCUT2D eigenvalue weighted by Crippen LogP contribution is 2.33. The van der Waals surface area contributed by atoms with Crippen LogP contribution in [0.4, 0.5) is 0 Å². The number of hydrogen-bond acceptors (Lipinski definition) is 6. The van der Waals surface area contributed by atoms with Gasteiger partial charge in [-0.15, -0.1) is 11.3 Å². The second-order valence-corrected chi connectivity index (χ2v) is 6.42. The summed E-state index contributed by atoms with van der Waals surface area (Å²) in [5, 5.41) is 10.7. The van der Waals surface area contributed by atoms with E-state index in [1.807, 2.05) is 51.3 Å². The van der Waals surface area contributed by atoms with E-state index in [2.05, 4.69) is 10.1 Å². The summed E-state index contributed by atoms with van der Waals surface area (Å²) in [7, 11) is 5.05. The monoisotopic (exact) mass is 359 g/mol. The first-order valence-corrected chi connectivity index (χ1v) is 9.01. The van der Waals surface area contributed by atoms with E-state index in [9.17, 15) is 0 Å². The number of ether oxygens (including phenoxy) is 2. The average Bonchev–Trinajstić information content (AvgIpc) is 3.28. The summed E-state index contributed by atoms with van der Waals surface area (Å²) in [6, 6.07) is 7.77. The summed E-state index contributed by atoms with van der Waals surface area (Å²) in [6.45, 7) is 0. The highest BCUT2D eigenvalue weighted by Gasteiger charge is 2.13. The molecule has 7 heteroatoms. The van der Waals surface area contributed by atoms with Gasteiger partial charge in [-0.1, -0.05) is 0 Å². The zero-order valence-electron chi connectivity index (χ0n) is 13.6. The lowest BCUT2D eigenvalue weighted by atomic mass is 10.1. The molecule has 0 radical (unpaired) electrons. The van der Waals surface area contributed by atoms with Gasteiger partial charge in [0.05, 0.1) is 26.1 Å². The average molecular weight is 359 g/mol. The Bertz CT molecular complexity index is 908. The third-order valence-corrected chi connectivity index (χ3v) is 5.04. The predicted molar refractivity (Wildman–Crippen MR) is 99.6 cm³/mol. The normalized spacial score (nSPS) is 12.0. The molecule has 0 spiro atoms. The molecule has 0 saturated carbocycles. The lowest BCUT2D eigenvalue weighted by Gasteiger charge is -2.10. The molecule has 0 aliphatic carbocycles. The van der Waals surface area contributed by atoms with Crippen LogP contribution in [0.25, 0.3) is 11.3 Å². The van der Waals surface area contributed by atoms with Crippen molar-refractivity contribution in [2.45, 2.75) is 0 Å². The van der Waals surface area contributed by atoms with E-state index in [-0.39, 0.29) is 0 Å². The molecule has 0 amide bonds. The third-order valence-electron chi connectivity index (χ3n) is 3.43. The maximum Gasteiger partial charge on any atom is 0.205 e. The van der Waals surface area contributed by atoms with Gasteiger partial charge < -0.3 is 9.47 Å². The van der Waals surface area contributed by atoms with Crippen molar-refractivity contribution in [2.75, 3.05) is 21.3 Å². The van der Waals surface area contributed by atoms with Crippen molar-refractivity contribution >= 4 is 28.9 Å². The van der Waals surface area contributed by atoms with Crippen molar-refractivity contribution in [2.24, 2.45) is 10.1 Å². The molecule has 0 fully saturated rings. The second-order valence-electron chi connectivity index (χ2n) is 4.81. The van der Waals surface area contributed by atoms with E-state index in [0.29, 0.717) is 0 Å². The van der Waals surface area contributed by atoms with Crippen LogP contribution < -0.4 is 14.3 Å². The van der Waals surface area contributed by atoms with E-state index in [1.54, 1.807) is 32.6 Å². The number of thiophene rings is 1. The number of thiazole rings is 1. The topological polar surface area (TPSA) is 48.1 Å². The minimum Gasteiger partial charge on any atom is -0.497 e. The van der Waals surface area contributed by atoms with Crippen molar-refractivity contribution in [3.05, 3.63) is 50.8 Å². The zero-order valence-corrected chi connectivity index (χ0v) is 15.2. The number of aromatic nitrogens is 1. The van der Waals surface area contributed by atoms with Crippen LogP contribution in [-0.4, -0.2) is 32.2 Å². The molecular weight excluding hydrogens is 342 g/mol. The lowest BCUT2D eigenvalue weighted by molar-refractivity contribution is 0.395. The van der Waals surface area contributed by atoms with Gasteiger partial charge in [-0.3, -0.25) is 4.99 Å². The van der Waals surface area contributed by atoms with Gasteiger partial charge in [0.1, 0.15) is 11.5 Å². The summed E-state index contributed by atoms with van der Waals surface area (Å²) in [5.41, 5.74) is 2.92. The van der Waals surface area contributed by atoms with Crippen molar-refractivity contribution in [1.29, 1.82) is 0 Å². The number of benzene rings is 1. The minimum absolute atomic E-state index is 0.731. The summed E-state index contributed by atoms with van der Waals surface area (Å²) >= 11 is 3.18. The Hall–Kier alpha value is -2.38. The number of hydrogen-bond donors (Lipinski definition) is 0. The summed E-state index contributed by atoms with van der Waals surface area (Å²) in [5.74, 6) is 1.48. The summed E-state index contributed by atoms with van der Waals surface area (Å²) in [6.07, 6.45) is 1.83. The van der Waals surface area contributed by atoms with E-state index < -0.39 is 0 Å². The first-order valence-electron chi connectivity index (χ1n) is 7.19. The largest absolute Gasteiger partial charge is 0.497 e. The molecule has 0 saturated heterocycles. The first kappa shape index (κ1) is 16.5. The van der Waals surface area contributed by atoms with Crippen molar-refractivity contribution < 1.29 is 9.47 Å². The Morgan fingerprint density at radius 1 is 1.12 bits per heavy atom. The minimum atomic E-state index is 0.731. The van der Waals surface area contributed by atoms with Gasteiger partial charge in [0.2, 0.25) is 4.80 Å². The molecule has 0 N–H and O–H groups in total. The number of nitrogens with zero attached hydrogens (tertiary/aromatic N) is 3. The van der Waals surface area contributed by atoms with Crippen LogP contribution in [0.15, 0.2) is 50.5 Å². The fourth-order valence-electron chi connectivity index (χ4n) is 2.23. The maximum atomic E-state index is 5.52. The molecule has 2 aromatic heterocycles. The molecule has 124 valence electrons. The molecule has 0 unspecified atom stereocenters. The van der Waals surface area contributed by atoms with Gasteiger partial charge in [-0.05, 0) is 29.0 Å². The van der Waals surface area contributed by atoms with Crippen LogP contribution in [0.5, 0.6) is 11.5 Å². The molecular formula is C17H17N3O2S2. The van der Waals surface area contributed by atoms with E-state index in [1.165, 1.54) is 11.3 Å². The SMILES string of the molecule is CN=c1scc(-c2ccc(OC)cc2OC)n1N=Cc1ccsc1. The van der Waals surface area contributed by atoms with Gasteiger partial charge in [0.25, 0.3) is 0 Å². The first-order chi connectivity index (χ1) is 11.8. The van der Waals surface area contributed by atoms with Crippen LogP contribution >= 0.6 is 22.7 Å². The molecule has 1 aromatic carbocycles. The van der Waals surface area contributed by atoms with Crippen LogP contribution in [0, 0.1) is 0 Å². The quantitative estimate of drug-likeness (QED) is 0.652. The molecule has 3 rings (SSSR count). The predicted octanol–water partition coefficient (Wildman–Crippen LogP) is 3.71. The van der Waals surface area contributed by atoms with Crippen LogP contribution in [0.3, 0.4) is 0 Å². The van der Waals surface area contributed by atoms with Gasteiger partial charge in [0, 0.05) is 29.6 Å². The molecule has 0 aliphatic rings. The molecule has 24 heavy (non-hydrogen) atoms. The van der Waals surface area contributed by atoms with Gasteiger partial charge in [-0.2, -0.15) is 16.4 Å². The molecule has 3 aromatic rings. The zero-order chi connectivity index (χ0) is 16.9. The van der Waals surface area contributed by atoms with E-state index >= 15 is 0 Å². The van der Waals surface area contributed by atoms with Crippen molar-refractivity contribution in [3.63, 3.8) is 0 Å². The van der Waals surface area contributed by atoms with Crippen molar-refractivity contribution in [3.8, 4) is 22.8 Å². The van der Waals surface area contributed by atoms with Gasteiger partial charge in [-0.25, -0.2) is 4.68 Å². The van der Waals surface area contributed by atoms with Gasteiger partial charge >= 0.3 is 0 Å². The Labute approximate surface area is 148 Å². The Morgan fingerprint density at radius 3 is 2.67 bits per heavy atom. The Kier molecular flexibility index (Phi) is 5.12. The molecule has 0 aliphatic heterocycles. The van der Waals surface area contributed by atoms with E-state index in [0.717, 1.165) is 33.1 Å². The second kappa shape index (κ2) is 7.46. The highest BCUT2D eigenvalue weighted by atomic mass is 32.1.